The summed E-state index contributed by atoms with van der Waals surface area (Å²) in [5, 5.41) is 3.16. The van der Waals surface area contributed by atoms with E-state index in [1.807, 2.05) is 70.2 Å². The molecule has 1 N–H and O–H groups in total. The summed E-state index contributed by atoms with van der Waals surface area (Å²) >= 11 is 0. The summed E-state index contributed by atoms with van der Waals surface area (Å²) in [6.07, 6.45) is 1.59. The van der Waals surface area contributed by atoms with E-state index in [-0.39, 0.29) is 18.5 Å². The van der Waals surface area contributed by atoms with Gasteiger partial charge in [0.25, 0.3) is 0 Å². The van der Waals surface area contributed by atoms with E-state index in [1.54, 1.807) is 4.90 Å². The largest absolute Gasteiger partial charge is 0.444 e. The SMILES string of the molecule is Cc1cccn2c(C(C)(C)NC(=O)[C@@H]3CN(C(=O)OC(C)(C)C)CCN3C)nc(C)c12. The molecule has 31 heavy (non-hydrogen) atoms. The molecule has 170 valence electrons. The number of fused-ring (bicyclic) bond motifs is 1. The first-order valence-corrected chi connectivity index (χ1v) is 10.7. The number of hydrogen-bond acceptors (Lipinski definition) is 5. The maximum Gasteiger partial charge on any atom is 0.410 e. The number of rotatable bonds is 3. The summed E-state index contributed by atoms with van der Waals surface area (Å²) < 4.78 is 7.54. The number of imidazole rings is 1. The maximum atomic E-state index is 13.3. The zero-order chi connectivity index (χ0) is 23.1. The number of aryl methyl sites for hydroxylation is 2. The van der Waals surface area contributed by atoms with Gasteiger partial charge < -0.3 is 19.4 Å². The molecular formula is C23H35N5O3. The van der Waals surface area contributed by atoms with Crippen molar-refractivity contribution >= 4 is 17.5 Å². The van der Waals surface area contributed by atoms with Gasteiger partial charge >= 0.3 is 6.09 Å². The van der Waals surface area contributed by atoms with Gasteiger partial charge in [0.05, 0.1) is 16.7 Å². The van der Waals surface area contributed by atoms with Crippen molar-refractivity contribution < 1.29 is 14.3 Å². The van der Waals surface area contributed by atoms with Crippen LogP contribution in [0.2, 0.25) is 0 Å². The fraction of sp³-hybridized carbons (Fsp3) is 0.609. The van der Waals surface area contributed by atoms with Crippen LogP contribution in [0.25, 0.3) is 5.52 Å². The van der Waals surface area contributed by atoms with Crippen molar-refractivity contribution in [3.05, 3.63) is 35.4 Å². The Morgan fingerprint density at radius 1 is 1.16 bits per heavy atom. The normalized spacial score (nSPS) is 18.3. The molecule has 3 heterocycles. The quantitative estimate of drug-likeness (QED) is 0.812. The van der Waals surface area contributed by atoms with Crippen LogP contribution in [0.3, 0.4) is 0 Å². The lowest BCUT2D eigenvalue weighted by atomic mass is 10.0. The molecule has 0 spiro atoms. The summed E-state index contributed by atoms with van der Waals surface area (Å²) in [7, 11) is 1.90. The molecule has 2 aromatic heterocycles. The van der Waals surface area contributed by atoms with E-state index in [1.165, 1.54) is 0 Å². The summed E-state index contributed by atoms with van der Waals surface area (Å²) in [5.74, 6) is 0.641. The third-order valence-electron chi connectivity index (χ3n) is 5.64. The van der Waals surface area contributed by atoms with Crippen LogP contribution in [0.1, 0.15) is 51.7 Å². The van der Waals surface area contributed by atoms with Crippen LogP contribution < -0.4 is 5.32 Å². The molecule has 1 fully saturated rings. The number of likely N-dealkylation sites (N-methyl/N-ethyl adjacent to an activating group) is 1. The second-order valence-electron chi connectivity index (χ2n) is 9.97. The van der Waals surface area contributed by atoms with Crippen molar-refractivity contribution in [3.8, 4) is 0 Å². The number of carbonyl (C=O) groups excluding carboxylic acids is 2. The highest BCUT2D eigenvalue weighted by Gasteiger charge is 2.37. The lowest BCUT2D eigenvalue weighted by Gasteiger charge is -2.40. The lowest BCUT2D eigenvalue weighted by Crippen LogP contribution is -2.61. The molecule has 1 saturated heterocycles. The molecule has 0 aliphatic carbocycles. The molecule has 0 bridgehead atoms. The molecule has 3 rings (SSSR count). The van der Waals surface area contributed by atoms with Gasteiger partial charge in [-0.25, -0.2) is 9.78 Å². The molecule has 8 nitrogen and oxygen atoms in total. The van der Waals surface area contributed by atoms with Crippen LogP contribution in [0.5, 0.6) is 0 Å². The van der Waals surface area contributed by atoms with E-state index in [2.05, 4.69) is 18.3 Å². The number of hydrogen-bond donors (Lipinski definition) is 1. The zero-order valence-electron chi connectivity index (χ0n) is 19.9. The van der Waals surface area contributed by atoms with Crippen LogP contribution in [0, 0.1) is 13.8 Å². The minimum atomic E-state index is -0.697. The van der Waals surface area contributed by atoms with Gasteiger partial charge in [0.1, 0.15) is 17.5 Å². The maximum absolute atomic E-state index is 13.3. The number of amides is 2. The smallest absolute Gasteiger partial charge is 0.410 e. The third kappa shape index (κ3) is 4.84. The first kappa shape index (κ1) is 23.1. The number of piperazine rings is 1. The molecule has 0 radical (unpaired) electrons. The van der Waals surface area contributed by atoms with Gasteiger partial charge in [-0.1, -0.05) is 6.07 Å². The second kappa shape index (κ2) is 8.15. The Hall–Kier alpha value is -2.61. The first-order chi connectivity index (χ1) is 14.3. The zero-order valence-corrected chi connectivity index (χ0v) is 19.9. The Balaban J connectivity index is 1.79. The number of aromatic nitrogens is 2. The van der Waals surface area contributed by atoms with Gasteiger partial charge in [0.15, 0.2) is 0 Å². The van der Waals surface area contributed by atoms with E-state index in [0.29, 0.717) is 13.1 Å². The molecule has 0 saturated carbocycles. The van der Waals surface area contributed by atoms with Crippen molar-refractivity contribution in [3.63, 3.8) is 0 Å². The van der Waals surface area contributed by atoms with Gasteiger partial charge in [-0.05, 0) is 67.1 Å². The minimum absolute atomic E-state index is 0.136. The average molecular weight is 430 g/mol. The van der Waals surface area contributed by atoms with Crippen LogP contribution in [0.15, 0.2) is 18.3 Å². The van der Waals surface area contributed by atoms with Crippen molar-refractivity contribution in [1.82, 2.24) is 24.5 Å². The van der Waals surface area contributed by atoms with E-state index < -0.39 is 17.2 Å². The topological polar surface area (TPSA) is 79.2 Å². The predicted molar refractivity (Wildman–Crippen MR) is 120 cm³/mol. The summed E-state index contributed by atoms with van der Waals surface area (Å²) in [4.78, 5) is 34.2. The highest BCUT2D eigenvalue weighted by atomic mass is 16.6. The molecule has 1 atom stereocenters. The number of nitrogens with zero attached hydrogens (tertiary/aromatic N) is 4. The van der Waals surface area contributed by atoms with Crippen molar-refractivity contribution in [2.45, 2.75) is 65.6 Å². The van der Waals surface area contributed by atoms with E-state index >= 15 is 0 Å². The molecule has 0 aromatic carbocycles. The Kier molecular flexibility index (Phi) is 6.06. The Labute approximate surface area is 184 Å². The van der Waals surface area contributed by atoms with Gasteiger partial charge in [-0.15, -0.1) is 0 Å². The number of ether oxygens (including phenoxy) is 1. The first-order valence-electron chi connectivity index (χ1n) is 10.7. The fourth-order valence-corrected chi connectivity index (χ4v) is 4.06. The molecular weight excluding hydrogens is 394 g/mol. The molecule has 0 unspecified atom stereocenters. The molecule has 8 heteroatoms. The van der Waals surface area contributed by atoms with Crippen LogP contribution in [-0.4, -0.2) is 69.5 Å². The average Bonchev–Trinajstić information content (AvgIpc) is 2.99. The highest BCUT2D eigenvalue weighted by molar-refractivity contribution is 5.84. The van der Waals surface area contributed by atoms with E-state index in [9.17, 15) is 9.59 Å². The van der Waals surface area contributed by atoms with E-state index in [4.69, 9.17) is 9.72 Å². The van der Waals surface area contributed by atoms with Crippen molar-refractivity contribution in [2.24, 2.45) is 0 Å². The Bertz CT molecular complexity index is 989. The van der Waals surface area contributed by atoms with Crippen LogP contribution in [0.4, 0.5) is 4.79 Å². The summed E-state index contributed by atoms with van der Waals surface area (Å²) in [5.41, 5.74) is 1.86. The number of pyridine rings is 1. The van der Waals surface area contributed by atoms with Crippen molar-refractivity contribution in [1.29, 1.82) is 0 Å². The summed E-state index contributed by atoms with van der Waals surface area (Å²) in [6.45, 7) is 14.9. The Morgan fingerprint density at radius 3 is 2.48 bits per heavy atom. The minimum Gasteiger partial charge on any atom is -0.444 e. The highest BCUT2D eigenvalue weighted by Crippen LogP contribution is 2.25. The van der Waals surface area contributed by atoms with Gasteiger partial charge in [0.2, 0.25) is 5.91 Å². The number of carbonyl (C=O) groups is 2. The predicted octanol–water partition coefficient (Wildman–Crippen LogP) is 2.85. The number of nitrogens with one attached hydrogen (secondary N) is 1. The molecule has 1 aliphatic rings. The van der Waals surface area contributed by atoms with Gasteiger partial charge in [-0.2, -0.15) is 0 Å². The molecule has 2 amide bonds. The van der Waals surface area contributed by atoms with Gasteiger partial charge in [-0.3, -0.25) is 9.69 Å². The second-order valence-corrected chi connectivity index (χ2v) is 9.97. The van der Waals surface area contributed by atoms with E-state index in [0.717, 1.165) is 22.6 Å². The molecule has 2 aromatic rings. The van der Waals surface area contributed by atoms with Crippen LogP contribution >= 0.6 is 0 Å². The lowest BCUT2D eigenvalue weighted by molar-refractivity contribution is -0.129. The third-order valence-corrected chi connectivity index (χ3v) is 5.64. The Morgan fingerprint density at radius 2 is 1.84 bits per heavy atom. The molecule has 1 aliphatic heterocycles. The standard InChI is InChI=1S/C23H35N5O3/c1-15-10-9-11-28-18(15)16(2)24-20(28)23(6,7)25-19(29)17-14-27(13-12-26(17)8)21(30)31-22(3,4)5/h9-11,17H,12-14H2,1-8H3,(H,25,29)/t17-/m0/s1. The van der Waals surface area contributed by atoms with Gasteiger partial charge in [0, 0.05) is 25.8 Å². The monoisotopic (exact) mass is 429 g/mol. The van der Waals surface area contributed by atoms with Crippen molar-refractivity contribution in [2.75, 3.05) is 26.7 Å². The fourth-order valence-electron chi connectivity index (χ4n) is 4.06. The summed E-state index contributed by atoms with van der Waals surface area (Å²) in [6, 6.07) is 3.58. The van der Waals surface area contributed by atoms with Crippen LogP contribution in [-0.2, 0) is 15.1 Å².